The van der Waals surface area contributed by atoms with Crippen molar-refractivity contribution >= 4 is 11.6 Å². The first kappa shape index (κ1) is 11.6. The molecule has 1 aromatic carbocycles. The maximum Gasteiger partial charge on any atom is 0.167 e. The van der Waals surface area contributed by atoms with Crippen LogP contribution in [0.25, 0.3) is 0 Å². The summed E-state index contributed by atoms with van der Waals surface area (Å²) in [6.07, 6.45) is 1.48. The molecule has 0 radical (unpaired) electrons. The van der Waals surface area contributed by atoms with Crippen molar-refractivity contribution in [3.63, 3.8) is 0 Å². The van der Waals surface area contributed by atoms with E-state index in [0.29, 0.717) is 16.5 Å². The Bertz CT molecular complexity index is 425. The second-order valence-corrected chi connectivity index (χ2v) is 4.54. The van der Waals surface area contributed by atoms with E-state index in [0.717, 1.165) is 24.0 Å². The molecule has 0 unspecified atom stereocenters. The van der Waals surface area contributed by atoms with Crippen LogP contribution < -0.4 is 9.47 Å². The molecule has 0 aromatic heterocycles. The topological polar surface area (TPSA) is 38.7 Å². The normalized spacial score (nSPS) is 17.1. The highest BCUT2D eigenvalue weighted by atomic mass is 35.5. The Hall–Kier alpha value is -0.930. The third kappa shape index (κ3) is 1.64. The van der Waals surface area contributed by atoms with Crippen LogP contribution in [0, 0.1) is 6.92 Å². The molecule has 0 spiro atoms. The fourth-order valence-electron chi connectivity index (χ4n) is 1.88. The Morgan fingerprint density at radius 3 is 2.25 bits per heavy atom. The van der Waals surface area contributed by atoms with Crippen LogP contribution in [0.3, 0.4) is 0 Å². The zero-order valence-electron chi connectivity index (χ0n) is 9.63. The minimum absolute atomic E-state index is 0.587. The second kappa shape index (κ2) is 3.82. The molecule has 88 valence electrons. The van der Waals surface area contributed by atoms with Gasteiger partial charge in [0.25, 0.3) is 0 Å². The summed E-state index contributed by atoms with van der Waals surface area (Å²) >= 11 is 6.11. The standard InChI is InChI=1S/C12H15ClO3/c1-7-9(13)6-8(12(14)4-5-12)11(16-3)10(7)15-2/h6,14H,4-5H2,1-3H3. The molecule has 1 N–H and O–H groups in total. The molecule has 2 rings (SSSR count). The lowest BCUT2D eigenvalue weighted by molar-refractivity contribution is 0.146. The van der Waals surface area contributed by atoms with Gasteiger partial charge < -0.3 is 14.6 Å². The maximum atomic E-state index is 10.2. The van der Waals surface area contributed by atoms with Crippen molar-refractivity contribution in [2.45, 2.75) is 25.4 Å². The second-order valence-electron chi connectivity index (χ2n) is 4.13. The molecule has 1 aliphatic carbocycles. The highest BCUT2D eigenvalue weighted by molar-refractivity contribution is 6.31. The van der Waals surface area contributed by atoms with Crippen molar-refractivity contribution in [3.05, 3.63) is 22.2 Å². The Morgan fingerprint density at radius 1 is 1.25 bits per heavy atom. The first-order chi connectivity index (χ1) is 7.53. The van der Waals surface area contributed by atoms with Gasteiger partial charge in [0.1, 0.15) is 0 Å². The predicted octanol–water partition coefficient (Wildman–Crippen LogP) is 2.65. The van der Waals surface area contributed by atoms with Crippen LogP contribution in [-0.2, 0) is 5.60 Å². The van der Waals surface area contributed by atoms with Crippen molar-refractivity contribution in [2.24, 2.45) is 0 Å². The Labute approximate surface area is 99.9 Å². The molecular formula is C12H15ClO3. The van der Waals surface area contributed by atoms with Gasteiger partial charge in [-0.2, -0.15) is 0 Å². The van der Waals surface area contributed by atoms with Crippen molar-refractivity contribution in [3.8, 4) is 11.5 Å². The number of aliphatic hydroxyl groups is 1. The average Bonchev–Trinajstić information content (AvgIpc) is 3.00. The molecule has 1 saturated carbocycles. The highest BCUT2D eigenvalue weighted by Gasteiger charge is 2.45. The molecule has 0 aliphatic heterocycles. The quantitative estimate of drug-likeness (QED) is 0.886. The summed E-state index contributed by atoms with van der Waals surface area (Å²) in [5.41, 5.74) is 0.771. The number of halogens is 1. The van der Waals surface area contributed by atoms with Crippen LogP contribution in [0.1, 0.15) is 24.0 Å². The van der Waals surface area contributed by atoms with Crippen LogP contribution in [0.5, 0.6) is 11.5 Å². The molecule has 1 fully saturated rings. The maximum absolute atomic E-state index is 10.2. The summed E-state index contributed by atoms with van der Waals surface area (Å²) in [4.78, 5) is 0. The highest BCUT2D eigenvalue weighted by Crippen LogP contribution is 2.53. The summed E-state index contributed by atoms with van der Waals surface area (Å²) < 4.78 is 10.6. The number of benzene rings is 1. The zero-order valence-corrected chi connectivity index (χ0v) is 10.4. The lowest BCUT2D eigenvalue weighted by atomic mass is 10.0. The number of ether oxygens (including phenoxy) is 2. The van der Waals surface area contributed by atoms with E-state index in [2.05, 4.69) is 0 Å². The Balaban J connectivity index is 2.64. The monoisotopic (exact) mass is 242 g/mol. The predicted molar refractivity (Wildman–Crippen MR) is 62.4 cm³/mol. The van der Waals surface area contributed by atoms with E-state index in [1.807, 2.05) is 6.92 Å². The molecule has 16 heavy (non-hydrogen) atoms. The average molecular weight is 243 g/mol. The number of hydrogen-bond donors (Lipinski definition) is 1. The SMILES string of the molecule is COc1c(C2(O)CC2)cc(Cl)c(C)c1OC. The third-order valence-corrected chi connectivity index (χ3v) is 3.45. The molecule has 0 atom stereocenters. The van der Waals surface area contributed by atoms with Crippen LogP contribution in [-0.4, -0.2) is 19.3 Å². The summed E-state index contributed by atoms with van der Waals surface area (Å²) in [7, 11) is 3.14. The zero-order chi connectivity index (χ0) is 11.9. The van der Waals surface area contributed by atoms with Crippen LogP contribution in [0.2, 0.25) is 5.02 Å². The number of hydrogen-bond acceptors (Lipinski definition) is 3. The Kier molecular flexibility index (Phi) is 2.76. The van der Waals surface area contributed by atoms with Gasteiger partial charge in [0, 0.05) is 16.1 Å². The Morgan fingerprint density at radius 2 is 1.81 bits per heavy atom. The van der Waals surface area contributed by atoms with Gasteiger partial charge in [-0.15, -0.1) is 0 Å². The molecule has 3 nitrogen and oxygen atoms in total. The molecule has 0 bridgehead atoms. The van der Waals surface area contributed by atoms with Crippen LogP contribution in [0.15, 0.2) is 6.07 Å². The largest absolute Gasteiger partial charge is 0.493 e. The molecule has 0 saturated heterocycles. The van der Waals surface area contributed by atoms with E-state index in [9.17, 15) is 5.11 Å². The van der Waals surface area contributed by atoms with Crippen LogP contribution >= 0.6 is 11.6 Å². The first-order valence-electron chi connectivity index (χ1n) is 5.17. The van der Waals surface area contributed by atoms with Gasteiger partial charge in [-0.05, 0) is 25.8 Å². The molecule has 4 heteroatoms. The van der Waals surface area contributed by atoms with E-state index in [1.165, 1.54) is 0 Å². The molecule has 1 aromatic rings. The summed E-state index contributed by atoms with van der Waals surface area (Å²) in [6.45, 7) is 1.87. The van der Waals surface area contributed by atoms with Crippen molar-refractivity contribution in [1.82, 2.24) is 0 Å². The van der Waals surface area contributed by atoms with Gasteiger partial charge in [0.2, 0.25) is 0 Å². The van der Waals surface area contributed by atoms with Crippen molar-refractivity contribution in [1.29, 1.82) is 0 Å². The van der Waals surface area contributed by atoms with Crippen LogP contribution in [0.4, 0.5) is 0 Å². The molecule has 0 heterocycles. The van der Waals surface area contributed by atoms with Gasteiger partial charge in [0.05, 0.1) is 19.8 Å². The summed E-state index contributed by atoms with van der Waals surface area (Å²) in [5, 5.41) is 10.7. The number of methoxy groups -OCH3 is 2. The van der Waals surface area contributed by atoms with Crippen molar-refractivity contribution < 1.29 is 14.6 Å². The smallest absolute Gasteiger partial charge is 0.167 e. The van der Waals surface area contributed by atoms with Gasteiger partial charge in [-0.3, -0.25) is 0 Å². The molecular weight excluding hydrogens is 228 g/mol. The minimum atomic E-state index is -0.782. The fraction of sp³-hybridized carbons (Fsp3) is 0.500. The summed E-state index contributed by atoms with van der Waals surface area (Å²) in [5.74, 6) is 1.19. The van der Waals surface area contributed by atoms with E-state index >= 15 is 0 Å². The van der Waals surface area contributed by atoms with E-state index in [1.54, 1.807) is 20.3 Å². The van der Waals surface area contributed by atoms with Gasteiger partial charge in [0.15, 0.2) is 11.5 Å². The summed E-state index contributed by atoms with van der Waals surface area (Å²) in [6, 6.07) is 1.77. The lowest BCUT2D eigenvalue weighted by Gasteiger charge is -2.19. The van der Waals surface area contributed by atoms with Gasteiger partial charge in [-0.1, -0.05) is 11.6 Å². The van der Waals surface area contributed by atoms with Gasteiger partial charge in [-0.25, -0.2) is 0 Å². The number of rotatable bonds is 3. The minimum Gasteiger partial charge on any atom is -0.493 e. The van der Waals surface area contributed by atoms with Crippen molar-refractivity contribution in [2.75, 3.05) is 14.2 Å². The third-order valence-electron chi connectivity index (χ3n) is 3.05. The van der Waals surface area contributed by atoms with E-state index in [4.69, 9.17) is 21.1 Å². The molecule has 1 aliphatic rings. The van der Waals surface area contributed by atoms with E-state index < -0.39 is 5.60 Å². The molecule has 0 amide bonds. The van der Waals surface area contributed by atoms with Gasteiger partial charge >= 0.3 is 0 Å². The lowest BCUT2D eigenvalue weighted by Crippen LogP contribution is -2.09. The first-order valence-corrected chi connectivity index (χ1v) is 5.55. The van der Waals surface area contributed by atoms with E-state index in [-0.39, 0.29) is 0 Å². The fourth-order valence-corrected chi connectivity index (χ4v) is 2.08.